The second-order valence-corrected chi connectivity index (χ2v) is 9.99. The number of benzene rings is 3. The van der Waals surface area contributed by atoms with Gasteiger partial charge in [0.05, 0.1) is 11.9 Å². The molecule has 0 aliphatic heterocycles. The predicted molar refractivity (Wildman–Crippen MR) is 132 cm³/mol. The Labute approximate surface area is 199 Å². The van der Waals surface area contributed by atoms with E-state index in [0.29, 0.717) is 21.7 Å². The monoisotopic (exact) mass is 487 g/mol. The van der Waals surface area contributed by atoms with Crippen LogP contribution in [0.5, 0.6) is 0 Å². The highest BCUT2D eigenvalue weighted by Crippen LogP contribution is 2.29. The fourth-order valence-electron chi connectivity index (χ4n) is 3.62. The smallest absolute Gasteiger partial charge is 0.244 e. The summed E-state index contributed by atoms with van der Waals surface area (Å²) in [6, 6.07) is 18.8. The highest BCUT2D eigenvalue weighted by atomic mass is 35.5. The standard InChI is InChI=1S/C24H26ClN3O4S/c1-17(24(30)26-2)27(15-19-10-5-7-13-21(19)25)23(29)16-28(33(3,31)32)22-14-8-11-18-9-4-6-12-20(18)22/h4-14,17H,15-16H2,1-3H3,(H,26,30)/t17-/m1/s1. The third-order valence-electron chi connectivity index (χ3n) is 5.43. The van der Waals surface area contributed by atoms with Gasteiger partial charge in [0.25, 0.3) is 0 Å². The second kappa shape index (κ2) is 10.2. The third-order valence-corrected chi connectivity index (χ3v) is 6.92. The summed E-state index contributed by atoms with van der Waals surface area (Å²) < 4.78 is 26.6. The summed E-state index contributed by atoms with van der Waals surface area (Å²) in [6.07, 6.45) is 1.06. The molecule has 0 unspecified atom stereocenters. The van der Waals surface area contributed by atoms with E-state index >= 15 is 0 Å². The molecule has 3 aromatic carbocycles. The fourth-order valence-corrected chi connectivity index (χ4v) is 4.68. The first-order valence-electron chi connectivity index (χ1n) is 10.3. The van der Waals surface area contributed by atoms with Gasteiger partial charge in [-0.3, -0.25) is 13.9 Å². The van der Waals surface area contributed by atoms with E-state index in [4.69, 9.17) is 11.6 Å². The van der Waals surface area contributed by atoms with Crippen LogP contribution in [0.1, 0.15) is 12.5 Å². The maximum absolute atomic E-state index is 13.5. The molecule has 9 heteroatoms. The van der Waals surface area contributed by atoms with Crippen LogP contribution < -0.4 is 9.62 Å². The molecule has 2 amide bonds. The van der Waals surface area contributed by atoms with E-state index in [9.17, 15) is 18.0 Å². The molecule has 0 saturated carbocycles. The van der Waals surface area contributed by atoms with Crippen LogP contribution >= 0.6 is 11.6 Å². The van der Waals surface area contributed by atoms with Gasteiger partial charge >= 0.3 is 0 Å². The van der Waals surface area contributed by atoms with Crippen molar-refractivity contribution in [2.45, 2.75) is 19.5 Å². The summed E-state index contributed by atoms with van der Waals surface area (Å²) >= 11 is 6.29. The van der Waals surface area contributed by atoms with Crippen LogP contribution in [-0.2, 0) is 26.2 Å². The molecule has 1 N–H and O–H groups in total. The number of carbonyl (C=O) groups excluding carboxylic acids is 2. The Balaban J connectivity index is 2.01. The molecule has 3 rings (SSSR count). The van der Waals surface area contributed by atoms with Gasteiger partial charge in [-0.1, -0.05) is 66.2 Å². The van der Waals surface area contributed by atoms with Crippen molar-refractivity contribution >= 4 is 49.9 Å². The molecule has 0 heterocycles. The van der Waals surface area contributed by atoms with Crippen molar-refractivity contribution < 1.29 is 18.0 Å². The van der Waals surface area contributed by atoms with Crippen molar-refractivity contribution in [2.24, 2.45) is 0 Å². The lowest BCUT2D eigenvalue weighted by Gasteiger charge is -2.31. The number of nitrogens with one attached hydrogen (secondary N) is 1. The molecule has 3 aromatic rings. The van der Waals surface area contributed by atoms with Crippen molar-refractivity contribution in [3.63, 3.8) is 0 Å². The first-order chi connectivity index (χ1) is 15.6. The minimum absolute atomic E-state index is 0.0558. The number of likely N-dealkylation sites (N-methyl/N-ethyl adjacent to an activating group) is 1. The molecule has 0 radical (unpaired) electrons. The van der Waals surface area contributed by atoms with Gasteiger partial charge in [0.1, 0.15) is 12.6 Å². The van der Waals surface area contributed by atoms with E-state index in [2.05, 4.69) is 5.32 Å². The number of fused-ring (bicyclic) bond motifs is 1. The largest absolute Gasteiger partial charge is 0.357 e. The Morgan fingerprint density at radius 1 is 1.00 bits per heavy atom. The molecule has 0 spiro atoms. The molecule has 174 valence electrons. The minimum Gasteiger partial charge on any atom is -0.357 e. The van der Waals surface area contributed by atoms with E-state index in [1.54, 1.807) is 43.3 Å². The summed E-state index contributed by atoms with van der Waals surface area (Å²) in [5.74, 6) is -0.893. The minimum atomic E-state index is -3.81. The molecule has 33 heavy (non-hydrogen) atoms. The topological polar surface area (TPSA) is 86.8 Å². The van der Waals surface area contributed by atoms with Crippen LogP contribution in [0.2, 0.25) is 5.02 Å². The van der Waals surface area contributed by atoms with E-state index in [1.165, 1.54) is 11.9 Å². The number of sulfonamides is 1. The van der Waals surface area contributed by atoms with Gasteiger partial charge in [0, 0.05) is 24.0 Å². The Bertz CT molecular complexity index is 1270. The van der Waals surface area contributed by atoms with E-state index in [0.717, 1.165) is 15.9 Å². The summed E-state index contributed by atoms with van der Waals surface area (Å²) in [4.78, 5) is 27.2. The number of carbonyl (C=O) groups is 2. The molecule has 1 atom stereocenters. The van der Waals surface area contributed by atoms with E-state index in [1.807, 2.05) is 30.3 Å². The van der Waals surface area contributed by atoms with Gasteiger partial charge < -0.3 is 10.2 Å². The normalized spacial score (nSPS) is 12.2. The number of rotatable bonds is 8. The number of amides is 2. The number of nitrogens with zero attached hydrogens (tertiary/aromatic N) is 2. The maximum Gasteiger partial charge on any atom is 0.244 e. The van der Waals surface area contributed by atoms with E-state index in [-0.39, 0.29) is 12.5 Å². The SMILES string of the molecule is CNC(=O)[C@@H](C)N(Cc1ccccc1Cl)C(=O)CN(c1cccc2ccccc12)S(C)(=O)=O. The zero-order valence-electron chi connectivity index (χ0n) is 18.7. The molecule has 0 aliphatic rings. The number of halogens is 1. The molecule has 0 bridgehead atoms. The number of anilines is 1. The first-order valence-corrected chi connectivity index (χ1v) is 12.6. The molecular weight excluding hydrogens is 462 g/mol. The van der Waals surface area contributed by atoms with Crippen LogP contribution in [0, 0.1) is 0 Å². The number of hydrogen-bond acceptors (Lipinski definition) is 4. The molecule has 0 aromatic heterocycles. The van der Waals surface area contributed by atoms with Crippen molar-refractivity contribution in [1.29, 1.82) is 0 Å². The molecule has 0 saturated heterocycles. The first kappa shape index (κ1) is 24.5. The van der Waals surface area contributed by atoms with Crippen LogP contribution in [0.4, 0.5) is 5.69 Å². The van der Waals surface area contributed by atoms with Crippen molar-refractivity contribution in [1.82, 2.24) is 10.2 Å². The third kappa shape index (κ3) is 5.64. The quantitative estimate of drug-likeness (QED) is 0.527. The summed E-state index contributed by atoms with van der Waals surface area (Å²) in [5.41, 5.74) is 1.05. The highest BCUT2D eigenvalue weighted by molar-refractivity contribution is 7.92. The fraction of sp³-hybridized carbons (Fsp3) is 0.250. The average molecular weight is 488 g/mol. The summed E-state index contributed by atoms with van der Waals surface area (Å²) in [7, 11) is -2.33. The predicted octanol–water partition coefficient (Wildman–Crippen LogP) is 3.42. The van der Waals surface area contributed by atoms with Crippen molar-refractivity contribution in [3.8, 4) is 0 Å². The Hall–Kier alpha value is -3.10. The van der Waals surface area contributed by atoms with Crippen LogP contribution in [0.3, 0.4) is 0 Å². The molecular formula is C24H26ClN3O4S. The highest BCUT2D eigenvalue weighted by Gasteiger charge is 2.30. The van der Waals surface area contributed by atoms with Gasteiger partial charge in [-0.2, -0.15) is 0 Å². The Kier molecular flexibility index (Phi) is 7.61. The van der Waals surface area contributed by atoms with Crippen molar-refractivity contribution in [3.05, 3.63) is 77.3 Å². The van der Waals surface area contributed by atoms with Crippen molar-refractivity contribution in [2.75, 3.05) is 24.2 Å². The second-order valence-electron chi connectivity index (χ2n) is 7.67. The molecule has 0 fully saturated rings. The lowest BCUT2D eigenvalue weighted by Crippen LogP contribution is -2.50. The van der Waals surface area contributed by atoms with Gasteiger partial charge in [-0.05, 0) is 30.0 Å². The van der Waals surface area contributed by atoms with Gasteiger partial charge in [-0.25, -0.2) is 8.42 Å². The average Bonchev–Trinajstić information content (AvgIpc) is 2.80. The zero-order chi connectivity index (χ0) is 24.2. The zero-order valence-corrected chi connectivity index (χ0v) is 20.2. The maximum atomic E-state index is 13.5. The summed E-state index contributed by atoms with van der Waals surface area (Å²) in [6.45, 7) is 1.19. The van der Waals surface area contributed by atoms with Crippen LogP contribution in [0.15, 0.2) is 66.7 Å². The lowest BCUT2D eigenvalue weighted by molar-refractivity contribution is -0.139. The molecule has 0 aliphatic carbocycles. The molecule has 7 nitrogen and oxygen atoms in total. The lowest BCUT2D eigenvalue weighted by atomic mass is 10.1. The van der Waals surface area contributed by atoms with Crippen LogP contribution in [-0.4, -0.2) is 51.0 Å². The Morgan fingerprint density at radius 3 is 2.30 bits per heavy atom. The van der Waals surface area contributed by atoms with E-state index < -0.39 is 28.5 Å². The number of hydrogen-bond donors (Lipinski definition) is 1. The Morgan fingerprint density at radius 2 is 1.64 bits per heavy atom. The van der Waals surface area contributed by atoms with Crippen LogP contribution in [0.25, 0.3) is 10.8 Å². The summed E-state index contributed by atoms with van der Waals surface area (Å²) in [5, 5.41) is 4.55. The van der Waals surface area contributed by atoms with Gasteiger partial charge in [-0.15, -0.1) is 0 Å². The van der Waals surface area contributed by atoms with Gasteiger partial charge in [0.15, 0.2) is 0 Å². The van der Waals surface area contributed by atoms with Gasteiger partial charge in [0.2, 0.25) is 21.8 Å².